The molecule has 0 bridgehead atoms. The molecule has 1 heterocycles. The maximum atomic E-state index is 13.8. The molecule has 0 unspecified atom stereocenters. The van der Waals surface area contributed by atoms with Gasteiger partial charge in [0, 0.05) is 5.56 Å². The fourth-order valence-electron chi connectivity index (χ4n) is 3.05. The molecule has 0 spiro atoms. The highest BCUT2D eigenvalue weighted by Crippen LogP contribution is 2.44. The van der Waals surface area contributed by atoms with E-state index in [9.17, 15) is 21.6 Å². The van der Waals surface area contributed by atoms with Crippen molar-refractivity contribution in [1.29, 1.82) is 0 Å². The minimum Gasteiger partial charge on any atom is -0.454 e. The number of sulfonamides is 1. The van der Waals surface area contributed by atoms with Crippen LogP contribution in [0.1, 0.15) is 0 Å². The zero-order valence-corrected chi connectivity index (χ0v) is 14.9. The Balaban J connectivity index is 2.05. The van der Waals surface area contributed by atoms with Gasteiger partial charge in [-0.2, -0.15) is 0 Å². The number of primary sulfonamides is 1. The number of fused-ring (bicyclic) bond motifs is 1. The molecule has 3 aromatic carbocycles. The summed E-state index contributed by atoms with van der Waals surface area (Å²) in [7, 11) is -4.10. The van der Waals surface area contributed by atoms with Crippen molar-refractivity contribution in [1.82, 2.24) is 0 Å². The Labute approximate surface area is 158 Å². The molecule has 0 aliphatic carbocycles. The summed E-state index contributed by atoms with van der Waals surface area (Å²) in [5, 5.41) is 5.31. The lowest BCUT2D eigenvalue weighted by molar-refractivity contribution is 0.174. The first-order valence-electron chi connectivity index (χ1n) is 7.96. The van der Waals surface area contributed by atoms with Crippen molar-refractivity contribution in [3.63, 3.8) is 0 Å². The smallest absolute Gasteiger partial charge is 0.238 e. The lowest BCUT2D eigenvalue weighted by atomic mass is 9.93. The van der Waals surface area contributed by atoms with Gasteiger partial charge in [-0.05, 0) is 47.0 Å². The molecule has 0 aromatic heterocycles. The first-order valence-corrected chi connectivity index (χ1v) is 9.51. The van der Waals surface area contributed by atoms with E-state index in [1.165, 1.54) is 30.3 Å². The quantitative estimate of drug-likeness (QED) is 0.670. The molecule has 0 saturated carbocycles. The standard InChI is InChI=1S/C19H12F3NO4S/c20-14-5-10(6-15(21)19(14)22)12-7-16-17(27-9-26-16)8-13(12)11-3-1-2-4-18(11)28(23,24)25/h1-8H,9H2,(H2,23,24,25). The van der Waals surface area contributed by atoms with E-state index in [0.29, 0.717) is 11.5 Å². The molecule has 1 aliphatic rings. The van der Waals surface area contributed by atoms with Crippen LogP contribution >= 0.6 is 0 Å². The van der Waals surface area contributed by atoms with Crippen molar-refractivity contribution < 1.29 is 31.1 Å². The Bertz CT molecular complexity index is 1190. The highest BCUT2D eigenvalue weighted by atomic mass is 32.2. The van der Waals surface area contributed by atoms with Gasteiger partial charge >= 0.3 is 0 Å². The van der Waals surface area contributed by atoms with Crippen molar-refractivity contribution in [3.8, 4) is 33.8 Å². The molecule has 0 atom stereocenters. The summed E-state index contributed by atoms with van der Waals surface area (Å²) in [5.74, 6) is -3.73. The lowest BCUT2D eigenvalue weighted by Gasteiger charge is -2.15. The molecule has 1 aliphatic heterocycles. The Morgan fingerprint density at radius 1 is 0.821 bits per heavy atom. The van der Waals surface area contributed by atoms with Crippen LogP contribution in [0.4, 0.5) is 13.2 Å². The van der Waals surface area contributed by atoms with Gasteiger partial charge in [0.05, 0.1) is 4.90 Å². The molecule has 2 N–H and O–H groups in total. The van der Waals surface area contributed by atoms with Crippen molar-refractivity contribution in [2.45, 2.75) is 4.90 Å². The van der Waals surface area contributed by atoms with Gasteiger partial charge in [-0.25, -0.2) is 26.7 Å². The van der Waals surface area contributed by atoms with Crippen LogP contribution in [0.2, 0.25) is 0 Å². The third-order valence-corrected chi connectivity index (χ3v) is 5.26. The van der Waals surface area contributed by atoms with Gasteiger partial charge in [0.25, 0.3) is 0 Å². The summed E-state index contributed by atoms with van der Waals surface area (Å²) >= 11 is 0. The van der Waals surface area contributed by atoms with Gasteiger partial charge in [0.2, 0.25) is 16.8 Å². The van der Waals surface area contributed by atoms with Crippen molar-refractivity contribution in [2.24, 2.45) is 5.14 Å². The predicted octanol–water partition coefficient (Wildman–Crippen LogP) is 3.81. The van der Waals surface area contributed by atoms with Crippen LogP contribution in [0.5, 0.6) is 11.5 Å². The molecule has 0 fully saturated rings. The normalized spacial score (nSPS) is 13.0. The van der Waals surface area contributed by atoms with Crippen LogP contribution < -0.4 is 14.6 Å². The molecule has 0 amide bonds. The van der Waals surface area contributed by atoms with E-state index in [4.69, 9.17) is 14.6 Å². The number of hydrogen-bond acceptors (Lipinski definition) is 4. The van der Waals surface area contributed by atoms with E-state index in [2.05, 4.69) is 0 Å². The summed E-state index contributed by atoms with van der Waals surface area (Å²) in [6.45, 7) is -0.0683. The van der Waals surface area contributed by atoms with Crippen LogP contribution in [-0.2, 0) is 10.0 Å². The summed E-state index contributed by atoms with van der Waals surface area (Å²) in [4.78, 5) is -0.182. The third kappa shape index (κ3) is 3.08. The van der Waals surface area contributed by atoms with Gasteiger partial charge in [-0.1, -0.05) is 18.2 Å². The second-order valence-corrected chi connectivity index (χ2v) is 7.58. The average molecular weight is 407 g/mol. The van der Waals surface area contributed by atoms with Crippen molar-refractivity contribution in [3.05, 3.63) is 66.0 Å². The molecular formula is C19H12F3NO4S. The van der Waals surface area contributed by atoms with Crippen LogP contribution in [0, 0.1) is 17.5 Å². The summed E-state index contributed by atoms with van der Waals surface area (Å²) < 4.78 is 75.7. The number of rotatable bonds is 3. The molecule has 144 valence electrons. The van der Waals surface area contributed by atoms with Crippen LogP contribution in [-0.4, -0.2) is 15.2 Å². The first-order chi connectivity index (χ1) is 13.3. The van der Waals surface area contributed by atoms with E-state index in [1.807, 2.05) is 0 Å². The van der Waals surface area contributed by atoms with E-state index in [-0.39, 0.29) is 33.9 Å². The fourth-order valence-corrected chi connectivity index (χ4v) is 3.80. The second-order valence-electron chi connectivity index (χ2n) is 6.05. The molecule has 3 aromatic rings. The Hall–Kier alpha value is -3.04. The zero-order valence-electron chi connectivity index (χ0n) is 14.1. The lowest BCUT2D eigenvalue weighted by Crippen LogP contribution is -2.13. The predicted molar refractivity (Wildman–Crippen MR) is 94.7 cm³/mol. The summed E-state index contributed by atoms with van der Waals surface area (Å²) in [5.41, 5.74) is 0.690. The Kier molecular flexibility index (Phi) is 4.28. The van der Waals surface area contributed by atoms with Gasteiger partial charge in [0.1, 0.15) is 0 Å². The number of ether oxygens (including phenoxy) is 2. The van der Waals surface area contributed by atoms with Crippen LogP contribution in [0.15, 0.2) is 53.4 Å². The van der Waals surface area contributed by atoms with E-state index < -0.39 is 27.5 Å². The maximum absolute atomic E-state index is 13.8. The average Bonchev–Trinajstić information content (AvgIpc) is 3.11. The molecule has 0 radical (unpaired) electrons. The molecule has 5 nitrogen and oxygen atoms in total. The number of nitrogens with two attached hydrogens (primary N) is 1. The van der Waals surface area contributed by atoms with E-state index >= 15 is 0 Å². The molecule has 28 heavy (non-hydrogen) atoms. The third-order valence-electron chi connectivity index (χ3n) is 4.29. The summed E-state index contributed by atoms with van der Waals surface area (Å²) in [6.07, 6.45) is 0. The first kappa shape index (κ1) is 18.3. The highest BCUT2D eigenvalue weighted by Gasteiger charge is 2.24. The van der Waals surface area contributed by atoms with Crippen LogP contribution in [0.25, 0.3) is 22.3 Å². The molecular weight excluding hydrogens is 395 g/mol. The van der Waals surface area contributed by atoms with E-state index in [1.54, 1.807) is 6.07 Å². The van der Waals surface area contributed by atoms with E-state index in [0.717, 1.165) is 12.1 Å². The monoisotopic (exact) mass is 407 g/mol. The minimum atomic E-state index is -4.10. The second kappa shape index (κ2) is 6.54. The maximum Gasteiger partial charge on any atom is 0.238 e. The van der Waals surface area contributed by atoms with Gasteiger partial charge < -0.3 is 9.47 Å². The number of benzene rings is 3. The Morgan fingerprint density at radius 2 is 1.39 bits per heavy atom. The topological polar surface area (TPSA) is 78.6 Å². The van der Waals surface area contributed by atoms with Crippen LogP contribution in [0.3, 0.4) is 0 Å². The number of hydrogen-bond donors (Lipinski definition) is 1. The zero-order chi connectivity index (χ0) is 20.1. The Morgan fingerprint density at radius 3 is 2.00 bits per heavy atom. The SMILES string of the molecule is NS(=O)(=O)c1ccccc1-c1cc2c(cc1-c1cc(F)c(F)c(F)c1)OCO2. The summed E-state index contributed by atoms with van der Waals surface area (Å²) in [6, 6.07) is 10.5. The fraction of sp³-hybridized carbons (Fsp3) is 0.0526. The largest absolute Gasteiger partial charge is 0.454 e. The van der Waals surface area contributed by atoms with Gasteiger partial charge in [-0.3, -0.25) is 0 Å². The highest BCUT2D eigenvalue weighted by molar-refractivity contribution is 7.89. The van der Waals surface area contributed by atoms with Crippen molar-refractivity contribution >= 4 is 10.0 Å². The van der Waals surface area contributed by atoms with Crippen molar-refractivity contribution in [2.75, 3.05) is 6.79 Å². The van der Waals surface area contributed by atoms with Gasteiger partial charge in [-0.15, -0.1) is 0 Å². The minimum absolute atomic E-state index is 0.00563. The molecule has 4 rings (SSSR count). The molecule has 9 heteroatoms. The number of halogens is 3. The molecule has 0 saturated heterocycles. The van der Waals surface area contributed by atoms with Gasteiger partial charge in [0.15, 0.2) is 29.0 Å².